The largest absolute Gasteiger partial charge is 0.342 e. The molecule has 1 saturated heterocycles. The summed E-state index contributed by atoms with van der Waals surface area (Å²) in [6.07, 6.45) is 7.48. The van der Waals surface area contributed by atoms with E-state index in [1.807, 2.05) is 19.2 Å². The minimum absolute atomic E-state index is 0.284. The molecule has 0 spiro atoms. The van der Waals surface area contributed by atoms with Gasteiger partial charge in [-0.25, -0.2) is 9.97 Å². The molecule has 0 unspecified atom stereocenters. The Morgan fingerprint density at radius 1 is 1.20 bits per heavy atom. The highest BCUT2D eigenvalue weighted by atomic mass is 32.1. The first-order valence-corrected chi connectivity index (χ1v) is 11.7. The van der Waals surface area contributed by atoms with Crippen molar-refractivity contribution in [1.82, 2.24) is 14.9 Å². The van der Waals surface area contributed by atoms with Gasteiger partial charge in [-0.05, 0) is 55.2 Å². The van der Waals surface area contributed by atoms with Crippen molar-refractivity contribution in [3.8, 4) is 0 Å². The molecular weight excluding hydrogens is 390 g/mol. The van der Waals surface area contributed by atoms with Gasteiger partial charge in [0.25, 0.3) is 0 Å². The van der Waals surface area contributed by atoms with Gasteiger partial charge in [-0.15, -0.1) is 11.3 Å². The highest BCUT2D eigenvalue weighted by molar-refractivity contribution is 7.09. The summed E-state index contributed by atoms with van der Waals surface area (Å²) < 4.78 is 0. The third kappa shape index (κ3) is 5.33. The van der Waals surface area contributed by atoms with Crippen LogP contribution in [0.1, 0.15) is 59.1 Å². The molecule has 4 nitrogen and oxygen atoms in total. The van der Waals surface area contributed by atoms with Gasteiger partial charge >= 0.3 is 0 Å². The maximum Gasteiger partial charge on any atom is 0.222 e. The highest BCUT2D eigenvalue weighted by Crippen LogP contribution is 2.29. The Morgan fingerprint density at radius 2 is 2.07 bits per heavy atom. The number of piperidine rings is 1. The number of aromatic nitrogens is 2. The van der Waals surface area contributed by atoms with E-state index in [0.29, 0.717) is 12.3 Å². The van der Waals surface area contributed by atoms with Crippen LogP contribution in [-0.4, -0.2) is 33.9 Å². The number of nitrogens with zero attached hydrogens (tertiary/aromatic N) is 3. The summed E-state index contributed by atoms with van der Waals surface area (Å²) >= 11 is 1.77. The first-order chi connectivity index (χ1) is 14.7. The normalized spacial score (nSPS) is 16.6. The molecule has 30 heavy (non-hydrogen) atoms. The lowest BCUT2D eigenvalue weighted by Gasteiger charge is -2.33. The molecule has 0 saturated carbocycles. The second-order valence-electron chi connectivity index (χ2n) is 8.10. The fourth-order valence-corrected chi connectivity index (χ4v) is 5.02. The van der Waals surface area contributed by atoms with Crippen LogP contribution in [0.25, 0.3) is 0 Å². The summed E-state index contributed by atoms with van der Waals surface area (Å²) in [7, 11) is 0. The fraction of sp³-hybridized carbons (Fsp3) is 0.400. The van der Waals surface area contributed by atoms with Gasteiger partial charge in [0.2, 0.25) is 5.91 Å². The third-order valence-electron chi connectivity index (χ3n) is 5.81. The van der Waals surface area contributed by atoms with Gasteiger partial charge in [0.05, 0.1) is 5.69 Å². The van der Waals surface area contributed by atoms with Gasteiger partial charge in [0.1, 0.15) is 5.82 Å². The second-order valence-corrected chi connectivity index (χ2v) is 9.13. The first kappa shape index (κ1) is 20.7. The topological polar surface area (TPSA) is 46.1 Å². The van der Waals surface area contributed by atoms with E-state index >= 15 is 0 Å². The number of carbonyl (C=O) groups is 1. The molecule has 1 aromatic carbocycles. The van der Waals surface area contributed by atoms with Gasteiger partial charge in [0.15, 0.2) is 0 Å². The van der Waals surface area contributed by atoms with E-state index in [2.05, 4.69) is 51.7 Å². The minimum atomic E-state index is 0.284. The van der Waals surface area contributed by atoms with Crippen LogP contribution in [0.2, 0.25) is 0 Å². The number of thiophene rings is 1. The van der Waals surface area contributed by atoms with Crippen molar-refractivity contribution >= 4 is 17.2 Å². The molecule has 2 aromatic heterocycles. The number of hydrogen-bond donors (Lipinski definition) is 0. The van der Waals surface area contributed by atoms with Gasteiger partial charge in [-0.1, -0.05) is 36.4 Å². The van der Waals surface area contributed by atoms with Crippen LogP contribution in [0, 0.1) is 6.92 Å². The van der Waals surface area contributed by atoms with Crippen molar-refractivity contribution in [1.29, 1.82) is 0 Å². The molecule has 0 radical (unpaired) electrons. The maximum atomic E-state index is 12.8. The van der Waals surface area contributed by atoms with E-state index in [1.54, 1.807) is 11.3 Å². The predicted molar refractivity (Wildman–Crippen MR) is 122 cm³/mol. The molecule has 0 bridgehead atoms. The molecular formula is C25H29N3OS. The van der Waals surface area contributed by atoms with E-state index in [4.69, 9.17) is 4.98 Å². The minimum Gasteiger partial charge on any atom is -0.342 e. The average molecular weight is 420 g/mol. The Labute approximate surface area is 183 Å². The number of likely N-dealkylation sites (tertiary alicyclic amines) is 1. The summed E-state index contributed by atoms with van der Waals surface area (Å²) in [5.74, 6) is 1.38. The molecule has 1 atom stereocenters. The van der Waals surface area contributed by atoms with Crippen LogP contribution < -0.4 is 0 Å². The van der Waals surface area contributed by atoms with E-state index in [0.717, 1.165) is 56.7 Å². The van der Waals surface area contributed by atoms with Crippen molar-refractivity contribution in [3.05, 3.63) is 81.6 Å². The zero-order chi connectivity index (χ0) is 20.8. The number of carbonyl (C=O) groups excluding carboxylic acids is 1. The average Bonchev–Trinajstić information content (AvgIpc) is 3.29. The van der Waals surface area contributed by atoms with Crippen molar-refractivity contribution in [3.63, 3.8) is 0 Å². The van der Waals surface area contributed by atoms with Crippen LogP contribution in [0.5, 0.6) is 0 Å². The summed E-state index contributed by atoms with van der Waals surface area (Å²) in [5, 5.41) is 2.10. The molecule has 4 rings (SSSR count). The van der Waals surface area contributed by atoms with E-state index in [1.165, 1.54) is 16.0 Å². The maximum absolute atomic E-state index is 12.8. The number of aryl methyl sites for hydroxylation is 2. The van der Waals surface area contributed by atoms with Crippen LogP contribution in [0.3, 0.4) is 0 Å². The zero-order valence-corrected chi connectivity index (χ0v) is 18.4. The number of hydrogen-bond acceptors (Lipinski definition) is 4. The monoisotopic (exact) mass is 419 g/mol. The lowest BCUT2D eigenvalue weighted by atomic mass is 9.90. The Balaban J connectivity index is 1.42. The van der Waals surface area contributed by atoms with Crippen LogP contribution in [0.4, 0.5) is 0 Å². The number of benzene rings is 1. The molecule has 0 aliphatic carbocycles. The molecule has 3 aromatic rings. The highest BCUT2D eigenvalue weighted by Gasteiger charge is 2.27. The summed E-state index contributed by atoms with van der Waals surface area (Å²) in [4.78, 5) is 25.6. The van der Waals surface area contributed by atoms with Crippen LogP contribution >= 0.6 is 11.3 Å². The lowest BCUT2D eigenvalue weighted by Crippen LogP contribution is -2.39. The van der Waals surface area contributed by atoms with E-state index < -0.39 is 0 Å². The van der Waals surface area contributed by atoms with Crippen molar-refractivity contribution < 1.29 is 4.79 Å². The molecule has 1 amide bonds. The molecule has 5 heteroatoms. The SMILES string of the molecule is Cc1ncc(Cc2ccccc2)c([C@H]2CCCN(C(=O)CCCc3cccs3)C2)n1. The summed E-state index contributed by atoms with van der Waals surface area (Å²) in [5.41, 5.74) is 3.58. The molecule has 1 aliphatic heterocycles. The molecule has 156 valence electrons. The molecule has 1 fully saturated rings. The van der Waals surface area contributed by atoms with Crippen molar-refractivity contribution in [2.45, 2.75) is 51.4 Å². The fourth-order valence-electron chi connectivity index (χ4n) is 4.27. The Kier molecular flexibility index (Phi) is 6.90. The molecule has 3 heterocycles. The molecule has 0 N–H and O–H groups in total. The van der Waals surface area contributed by atoms with Gasteiger partial charge in [0, 0.05) is 42.9 Å². The van der Waals surface area contributed by atoms with Crippen molar-refractivity contribution in [2.75, 3.05) is 13.1 Å². The Hall–Kier alpha value is -2.53. The predicted octanol–water partition coefficient (Wildman–Crippen LogP) is 5.17. The van der Waals surface area contributed by atoms with Gasteiger partial charge < -0.3 is 4.90 Å². The summed E-state index contributed by atoms with van der Waals surface area (Å²) in [6.45, 7) is 3.59. The quantitative estimate of drug-likeness (QED) is 0.531. The van der Waals surface area contributed by atoms with Gasteiger partial charge in [-0.3, -0.25) is 4.79 Å². The smallest absolute Gasteiger partial charge is 0.222 e. The Bertz CT molecular complexity index is 956. The summed E-state index contributed by atoms with van der Waals surface area (Å²) in [6, 6.07) is 14.7. The zero-order valence-electron chi connectivity index (χ0n) is 17.6. The van der Waals surface area contributed by atoms with Crippen LogP contribution in [0.15, 0.2) is 54.0 Å². The lowest BCUT2D eigenvalue weighted by molar-refractivity contribution is -0.132. The van der Waals surface area contributed by atoms with E-state index in [-0.39, 0.29) is 5.91 Å². The van der Waals surface area contributed by atoms with E-state index in [9.17, 15) is 4.79 Å². The Morgan fingerprint density at radius 3 is 2.87 bits per heavy atom. The van der Waals surface area contributed by atoms with Crippen LogP contribution in [-0.2, 0) is 17.6 Å². The molecule has 1 aliphatic rings. The van der Waals surface area contributed by atoms with Gasteiger partial charge in [-0.2, -0.15) is 0 Å². The number of rotatable bonds is 7. The third-order valence-corrected chi connectivity index (χ3v) is 6.75. The second kappa shape index (κ2) is 9.98. The first-order valence-electron chi connectivity index (χ1n) is 10.9. The number of amides is 1. The van der Waals surface area contributed by atoms with Crippen molar-refractivity contribution in [2.24, 2.45) is 0 Å². The standard InChI is InChI=1S/C25H29N3OS/c1-19-26-17-22(16-20-8-3-2-4-9-20)25(27-19)21-10-6-14-28(18-21)24(29)13-5-11-23-12-7-15-30-23/h2-4,7-9,12,15,17,21H,5-6,10-11,13-14,16,18H2,1H3/t21-/m0/s1.